The minimum absolute atomic E-state index is 0.0194. The van der Waals surface area contributed by atoms with Crippen LogP contribution in [0.15, 0.2) is 34.7 Å². The SMILES string of the molecule is Cc1ccc(C(=O)NC2CCN(C(=O)Cc3c(F)cccc3Cl)CC2)o1. The fourth-order valence-electron chi connectivity index (χ4n) is 3.05. The first-order valence-electron chi connectivity index (χ1n) is 8.52. The summed E-state index contributed by atoms with van der Waals surface area (Å²) in [7, 11) is 0. The molecule has 0 atom stereocenters. The molecule has 5 nitrogen and oxygen atoms in total. The summed E-state index contributed by atoms with van der Waals surface area (Å²) in [4.78, 5) is 26.2. The normalized spacial score (nSPS) is 15.1. The summed E-state index contributed by atoms with van der Waals surface area (Å²) in [6.45, 7) is 2.79. The third-order valence-corrected chi connectivity index (χ3v) is 4.89. The third kappa shape index (κ3) is 4.25. The lowest BCUT2D eigenvalue weighted by molar-refractivity contribution is -0.131. The van der Waals surface area contributed by atoms with E-state index in [0.717, 1.165) is 0 Å². The van der Waals surface area contributed by atoms with Crippen molar-refractivity contribution in [2.75, 3.05) is 13.1 Å². The third-order valence-electron chi connectivity index (χ3n) is 4.54. The number of benzene rings is 1. The molecule has 0 bridgehead atoms. The molecule has 7 heteroatoms. The largest absolute Gasteiger partial charge is 0.456 e. The van der Waals surface area contributed by atoms with Crippen molar-refractivity contribution in [3.05, 3.63) is 58.3 Å². The van der Waals surface area contributed by atoms with E-state index in [1.165, 1.54) is 12.1 Å². The Morgan fingerprint density at radius 2 is 2.00 bits per heavy atom. The van der Waals surface area contributed by atoms with Gasteiger partial charge in [-0.2, -0.15) is 0 Å². The van der Waals surface area contributed by atoms with Crippen LogP contribution in [-0.2, 0) is 11.2 Å². The molecule has 1 aliphatic heterocycles. The van der Waals surface area contributed by atoms with Crippen molar-refractivity contribution >= 4 is 23.4 Å². The zero-order chi connectivity index (χ0) is 18.7. The molecule has 26 heavy (non-hydrogen) atoms. The smallest absolute Gasteiger partial charge is 0.287 e. The molecule has 2 aromatic rings. The highest BCUT2D eigenvalue weighted by Gasteiger charge is 2.25. The number of hydrogen-bond acceptors (Lipinski definition) is 3. The Bertz CT molecular complexity index is 793. The molecule has 1 saturated heterocycles. The second-order valence-electron chi connectivity index (χ2n) is 6.42. The van der Waals surface area contributed by atoms with E-state index < -0.39 is 5.82 Å². The summed E-state index contributed by atoms with van der Waals surface area (Å²) in [5.41, 5.74) is 0.225. The van der Waals surface area contributed by atoms with Gasteiger partial charge >= 0.3 is 0 Å². The molecule has 0 aliphatic carbocycles. The van der Waals surface area contributed by atoms with Crippen LogP contribution in [0, 0.1) is 12.7 Å². The van der Waals surface area contributed by atoms with Crippen LogP contribution in [0.1, 0.15) is 34.7 Å². The fourth-order valence-corrected chi connectivity index (χ4v) is 3.28. The predicted octanol–water partition coefficient (Wildman–Crippen LogP) is 3.34. The standard InChI is InChI=1S/C19H20ClFN2O3/c1-12-5-6-17(26-12)19(25)22-13-7-9-23(10-8-13)18(24)11-14-15(20)3-2-4-16(14)21/h2-6,13H,7-11H2,1H3,(H,22,25). The number of nitrogens with zero attached hydrogens (tertiary/aromatic N) is 1. The first-order valence-corrected chi connectivity index (χ1v) is 8.90. The molecule has 2 heterocycles. The Kier molecular flexibility index (Phi) is 5.61. The first kappa shape index (κ1) is 18.5. The van der Waals surface area contributed by atoms with E-state index in [4.69, 9.17) is 16.0 Å². The van der Waals surface area contributed by atoms with Gasteiger partial charge in [-0.15, -0.1) is 0 Å². The number of amides is 2. The van der Waals surface area contributed by atoms with Gasteiger partial charge in [0.2, 0.25) is 5.91 Å². The monoisotopic (exact) mass is 378 g/mol. The van der Waals surface area contributed by atoms with E-state index in [2.05, 4.69) is 5.32 Å². The predicted molar refractivity (Wildman–Crippen MR) is 95.6 cm³/mol. The molecule has 0 unspecified atom stereocenters. The van der Waals surface area contributed by atoms with Gasteiger partial charge in [0.05, 0.1) is 6.42 Å². The van der Waals surface area contributed by atoms with Crippen LogP contribution in [0.25, 0.3) is 0 Å². The van der Waals surface area contributed by atoms with Crippen molar-refractivity contribution in [3.63, 3.8) is 0 Å². The van der Waals surface area contributed by atoms with E-state index >= 15 is 0 Å². The summed E-state index contributed by atoms with van der Waals surface area (Å²) in [5, 5.41) is 3.18. The lowest BCUT2D eigenvalue weighted by atomic mass is 10.0. The zero-order valence-corrected chi connectivity index (χ0v) is 15.2. The van der Waals surface area contributed by atoms with E-state index in [1.54, 1.807) is 30.0 Å². The molecule has 0 radical (unpaired) electrons. The number of carbonyl (C=O) groups is 2. The number of nitrogens with one attached hydrogen (secondary N) is 1. The van der Waals surface area contributed by atoms with Crippen LogP contribution >= 0.6 is 11.6 Å². The quantitative estimate of drug-likeness (QED) is 0.887. The van der Waals surface area contributed by atoms with Gasteiger partial charge in [0.15, 0.2) is 5.76 Å². The maximum absolute atomic E-state index is 13.8. The molecular weight excluding hydrogens is 359 g/mol. The Morgan fingerprint density at radius 1 is 1.27 bits per heavy atom. The Labute approximate surface area is 156 Å². The van der Waals surface area contributed by atoms with E-state index in [1.807, 2.05) is 0 Å². The second kappa shape index (κ2) is 7.91. The summed E-state index contributed by atoms with van der Waals surface area (Å²) in [6, 6.07) is 7.75. The highest BCUT2D eigenvalue weighted by molar-refractivity contribution is 6.31. The number of halogens is 2. The fraction of sp³-hybridized carbons (Fsp3) is 0.368. The van der Waals surface area contributed by atoms with Gasteiger partial charge in [-0.1, -0.05) is 17.7 Å². The van der Waals surface area contributed by atoms with Crippen molar-refractivity contribution < 1.29 is 18.4 Å². The summed E-state index contributed by atoms with van der Waals surface area (Å²) in [6.07, 6.45) is 1.22. The van der Waals surface area contributed by atoms with Gasteiger partial charge in [-0.25, -0.2) is 4.39 Å². The highest BCUT2D eigenvalue weighted by atomic mass is 35.5. The number of rotatable bonds is 4. The van der Waals surface area contributed by atoms with E-state index in [0.29, 0.717) is 31.7 Å². The molecule has 1 aromatic carbocycles. The molecule has 2 amide bonds. The van der Waals surface area contributed by atoms with E-state index in [-0.39, 0.29) is 40.6 Å². The van der Waals surface area contributed by atoms with Crippen LogP contribution in [0.2, 0.25) is 5.02 Å². The van der Waals surface area contributed by atoms with Gasteiger partial charge < -0.3 is 14.6 Å². The average molecular weight is 379 g/mol. The minimum Gasteiger partial charge on any atom is -0.456 e. The molecule has 1 N–H and O–H groups in total. The average Bonchev–Trinajstić information content (AvgIpc) is 3.05. The zero-order valence-electron chi connectivity index (χ0n) is 14.4. The van der Waals surface area contributed by atoms with Gasteiger partial charge in [-0.05, 0) is 44.0 Å². The summed E-state index contributed by atoms with van der Waals surface area (Å²) >= 11 is 5.99. The van der Waals surface area contributed by atoms with E-state index in [9.17, 15) is 14.0 Å². The highest BCUT2D eigenvalue weighted by Crippen LogP contribution is 2.21. The maximum atomic E-state index is 13.8. The van der Waals surface area contributed by atoms with Crippen molar-refractivity contribution in [3.8, 4) is 0 Å². The molecule has 1 aromatic heterocycles. The van der Waals surface area contributed by atoms with Gasteiger partial charge in [-0.3, -0.25) is 9.59 Å². The number of likely N-dealkylation sites (tertiary alicyclic amines) is 1. The van der Waals surface area contributed by atoms with Gasteiger partial charge in [0.25, 0.3) is 5.91 Å². The van der Waals surface area contributed by atoms with Crippen LogP contribution in [0.5, 0.6) is 0 Å². The molecule has 138 valence electrons. The number of furan rings is 1. The van der Waals surface area contributed by atoms with Gasteiger partial charge in [0, 0.05) is 29.7 Å². The minimum atomic E-state index is -0.471. The van der Waals surface area contributed by atoms with Crippen molar-refractivity contribution in [1.29, 1.82) is 0 Å². The van der Waals surface area contributed by atoms with Crippen LogP contribution in [0.4, 0.5) is 4.39 Å². The van der Waals surface area contributed by atoms with Crippen LogP contribution in [-0.4, -0.2) is 35.8 Å². The number of aryl methyl sites for hydroxylation is 1. The number of carbonyl (C=O) groups excluding carboxylic acids is 2. The Hall–Kier alpha value is -2.34. The molecule has 3 rings (SSSR count). The second-order valence-corrected chi connectivity index (χ2v) is 6.82. The van der Waals surface area contributed by atoms with Crippen molar-refractivity contribution in [2.45, 2.75) is 32.2 Å². The Balaban J connectivity index is 1.52. The van der Waals surface area contributed by atoms with Crippen molar-refractivity contribution in [1.82, 2.24) is 10.2 Å². The molecule has 0 spiro atoms. The number of hydrogen-bond donors (Lipinski definition) is 1. The molecule has 1 aliphatic rings. The molecule has 1 fully saturated rings. The maximum Gasteiger partial charge on any atom is 0.287 e. The first-order chi connectivity index (χ1) is 12.4. The Morgan fingerprint density at radius 3 is 2.62 bits per heavy atom. The molecular formula is C19H20ClFN2O3. The van der Waals surface area contributed by atoms with Crippen LogP contribution < -0.4 is 5.32 Å². The number of piperidine rings is 1. The van der Waals surface area contributed by atoms with Crippen LogP contribution in [0.3, 0.4) is 0 Å². The lowest BCUT2D eigenvalue weighted by Gasteiger charge is -2.32. The topological polar surface area (TPSA) is 62.6 Å². The summed E-state index contributed by atoms with van der Waals surface area (Å²) < 4.78 is 19.1. The lowest BCUT2D eigenvalue weighted by Crippen LogP contribution is -2.47. The molecule has 0 saturated carbocycles. The summed E-state index contributed by atoms with van der Waals surface area (Å²) in [5.74, 6) is 0.0868. The van der Waals surface area contributed by atoms with Gasteiger partial charge in [0.1, 0.15) is 11.6 Å². The van der Waals surface area contributed by atoms with Crippen molar-refractivity contribution in [2.24, 2.45) is 0 Å².